The number of phenolic OH excluding ortho intramolecular Hbond substituents is 1. The largest absolute Gasteiger partial charge is 0.506 e. The van der Waals surface area contributed by atoms with Gasteiger partial charge in [0.25, 0.3) is 10.0 Å². The summed E-state index contributed by atoms with van der Waals surface area (Å²) >= 11 is 1.36. The first-order valence-electron chi connectivity index (χ1n) is 9.91. The maximum atomic E-state index is 13.2. The quantitative estimate of drug-likeness (QED) is 0.391. The molecule has 4 aromatic rings. The third kappa shape index (κ3) is 3.94. The Labute approximate surface area is 189 Å². The SMILES string of the molecule is O=S(=O)(Nc1cc(Sc2ccccc2)c(O)c2ccccc12)c1ccc2c(c1)OCCO2. The summed E-state index contributed by atoms with van der Waals surface area (Å²) in [6.07, 6.45) is 0. The van der Waals surface area contributed by atoms with Crippen LogP contribution in [0.25, 0.3) is 10.8 Å². The Kier molecular flexibility index (Phi) is 5.32. The molecule has 6 nitrogen and oxygen atoms in total. The molecule has 1 heterocycles. The van der Waals surface area contributed by atoms with Gasteiger partial charge in [0.1, 0.15) is 19.0 Å². The molecule has 32 heavy (non-hydrogen) atoms. The van der Waals surface area contributed by atoms with Crippen LogP contribution in [0.4, 0.5) is 5.69 Å². The zero-order valence-corrected chi connectivity index (χ0v) is 18.4. The number of ether oxygens (including phenoxy) is 2. The molecule has 0 spiro atoms. The molecule has 0 radical (unpaired) electrons. The minimum absolute atomic E-state index is 0.0659. The van der Waals surface area contributed by atoms with Crippen molar-refractivity contribution >= 4 is 38.2 Å². The van der Waals surface area contributed by atoms with Crippen LogP contribution in [0.1, 0.15) is 0 Å². The van der Waals surface area contributed by atoms with E-state index in [1.165, 1.54) is 23.9 Å². The molecule has 0 aliphatic carbocycles. The van der Waals surface area contributed by atoms with Crippen LogP contribution in [0, 0.1) is 0 Å². The molecule has 1 aliphatic rings. The standard InChI is InChI=1S/C24H19NO5S2/c26-24-19-9-5-4-8-18(19)20(15-23(24)31-16-6-2-1-3-7-16)25-32(27,28)17-10-11-21-22(14-17)30-13-12-29-21/h1-11,14-15,25-26H,12-13H2. The van der Waals surface area contributed by atoms with Gasteiger partial charge in [-0.05, 0) is 30.3 Å². The number of anilines is 1. The van der Waals surface area contributed by atoms with Gasteiger partial charge in [-0.3, -0.25) is 4.72 Å². The summed E-state index contributed by atoms with van der Waals surface area (Å²) in [5, 5.41) is 12.0. The Balaban J connectivity index is 1.56. The molecule has 0 unspecified atom stereocenters. The number of nitrogens with one attached hydrogen (secondary N) is 1. The number of sulfonamides is 1. The van der Waals surface area contributed by atoms with Crippen LogP contribution in [0.15, 0.2) is 93.5 Å². The van der Waals surface area contributed by atoms with E-state index in [9.17, 15) is 13.5 Å². The van der Waals surface area contributed by atoms with Crippen LogP contribution in [0.5, 0.6) is 17.2 Å². The lowest BCUT2D eigenvalue weighted by molar-refractivity contribution is 0.171. The van der Waals surface area contributed by atoms with E-state index in [-0.39, 0.29) is 10.6 Å². The second-order valence-electron chi connectivity index (χ2n) is 7.14. The van der Waals surface area contributed by atoms with Gasteiger partial charge >= 0.3 is 0 Å². The highest BCUT2D eigenvalue weighted by molar-refractivity contribution is 7.99. The summed E-state index contributed by atoms with van der Waals surface area (Å²) in [6.45, 7) is 0.797. The maximum absolute atomic E-state index is 13.2. The number of phenols is 1. The zero-order chi connectivity index (χ0) is 22.1. The molecule has 1 aliphatic heterocycles. The summed E-state index contributed by atoms with van der Waals surface area (Å²) in [4.78, 5) is 1.55. The Bertz CT molecular complexity index is 1410. The van der Waals surface area contributed by atoms with E-state index in [4.69, 9.17) is 9.47 Å². The molecule has 4 aromatic carbocycles. The second-order valence-corrected chi connectivity index (χ2v) is 9.94. The summed E-state index contributed by atoms with van der Waals surface area (Å²) in [5.41, 5.74) is 0.381. The number of fused-ring (bicyclic) bond motifs is 2. The fraction of sp³-hybridized carbons (Fsp3) is 0.0833. The van der Waals surface area contributed by atoms with Gasteiger partial charge in [0.15, 0.2) is 11.5 Å². The van der Waals surface area contributed by atoms with Gasteiger partial charge in [-0.1, -0.05) is 54.2 Å². The third-order valence-electron chi connectivity index (χ3n) is 5.02. The molecule has 0 amide bonds. The Morgan fingerprint density at radius 3 is 2.28 bits per heavy atom. The van der Waals surface area contributed by atoms with Crippen LogP contribution < -0.4 is 14.2 Å². The van der Waals surface area contributed by atoms with Gasteiger partial charge in [0.05, 0.1) is 15.5 Å². The smallest absolute Gasteiger partial charge is 0.262 e. The number of rotatable bonds is 5. The predicted molar refractivity (Wildman–Crippen MR) is 124 cm³/mol. The lowest BCUT2D eigenvalue weighted by Gasteiger charge is -2.19. The molecule has 0 atom stereocenters. The average Bonchev–Trinajstić information content (AvgIpc) is 2.82. The molecule has 0 saturated carbocycles. The van der Waals surface area contributed by atoms with Crippen molar-refractivity contribution in [3.8, 4) is 17.2 Å². The Hall–Kier alpha value is -3.36. The number of benzene rings is 4. The van der Waals surface area contributed by atoms with E-state index >= 15 is 0 Å². The molecule has 5 rings (SSSR count). The summed E-state index contributed by atoms with van der Waals surface area (Å²) in [7, 11) is -3.92. The minimum Gasteiger partial charge on any atom is -0.506 e. The van der Waals surface area contributed by atoms with Crippen LogP contribution in [-0.4, -0.2) is 26.7 Å². The summed E-state index contributed by atoms with van der Waals surface area (Å²) in [6, 6.07) is 22.9. The molecule has 0 saturated heterocycles. The van der Waals surface area contributed by atoms with E-state index < -0.39 is 10.0 Å². The van der Waals surface area contributed by atoms with E-state index in [1.54, 1.807) is 36.4 Å². The molecule has 0 bridgehead atoms. The first-order chi connectivity index (χ1) is 15.5. The van der Waals surface area contributed by atoms with E-state index in [0.29, 0.717) is 46.1 Å². The number of hydrogen-bond acceptors (Lipinski definition) is 6. The first kappa shape index (κ1) is 20.5. The van der Waals surface area contributed by atoms with Crippen molar-refractivity contribution < 1.29 is 23.0 Å². The van der Waals surface area contributed by atoms with Crippen molar-refractivity contribution in [2.24, 2.45) is 0 Å². The lowest BCUT2D eigenvalue weighted by Crippen LogP contribution is -2.17. The van der Waals surface area contributed by atoms with E-state index in [1.807, 2.05) is 30.3 Å². The van der Waals surface area contributed by atoms with Crippen LogP contribution in [0.3, 0.4) is 0 Å². The molecule has 2 N–H and O–H groups in total. The van der Waals surface area contributed by atoms with Crippen molar-refractivity contribution in [2.75, 3.05) is 17.9 Å². The molecule has 8 heteroatoms. The molecule has 0 aromatic heterocycles. The predicted octanol–water partition coefficient (Wildman–Crippen LogP) is 5.27. The van der Waals surface area contributed by atoms with Gasteiger partial charge in [0.2, 0.25) is 0 Å². The molecule has 162 valence electrons. The van der Waals surface area contributed by atoms with Crippen LogP contribution in [0.2, 0.25) is 0 Å². The Morgan fingerprint density at radius 2 is 1.50 bits per heavy atom. The van der Waals surface area contributed by atoms with Gasteiger partial charge < -0.3 is 14.6 Å². The summed E-state index contributed by atoms with van der Waals surface area (Å²) < 4.78 is 40.1. The fourth-order valence-corrected chi connectivity index (χ4v) is 5.52. The van der Waals surface area contributed by atoms with Gasteiger partial charge in [-0.25, -0.2) is 8.42 Å². The van der Waals surface area contributed by atoms with Gasteiger partial charge in [-0.2, -0.15) is 0 Å². The normalized spacial score (nSPS) is 13.1. The van der Waals surface area contributed by atoms with Gasteiger partial charge in [-0.15, -0.1) is 0 Å². The fourth-order valence-electron chi connectivity index (χ4n) is 3.51. The van der Waals surface area contributed by atoms with Crippen molar-refractivity contribution in [3.05, 3.63) is 78.9 Å². The highest BCUT2D eigenvalue weighted by atomic mass is 32.2. The van der Waals surface area contributed by atoms with Gasteiger partial charge in [0, 0.05) is 21.7 Å². The molecular formula is C24H19NO5S2. The zero-order valence-electron chi connectivity index (χ0n) is 16.8. The number of aromatic hydroxyl groups is 1. The van der Waals surface area contributed by atoms with Crippen molar-refractivity contribution in [2.45, 2.75) is 14.7 Å². The average molecular weight is 466 g/mol. The van der Waals surface area contributed by atoms with Crippen LogP contribution in [-0.2, 0) is 10.0 Å². The highest BCUT2D eigenvalue weighted by Crippen LogP contribution is 2.43. The van der Waals surface area contributed by atoms with Crippen molar-refractivity contribution in [3.63, 3.8) is 0 Å². The van der Waals surface area contributed by atoms with Crippen molar-refractivity contribution in [1.82, 2.24) is 0 Å². The Morgan fingerprint density at radius 1 is 0.812 bits per heavy atom. The molecular weight excluding hydrogens is 446 g/mol. The molecule has 0 fully saturated rings. The minimum atomic E-state index is -3.92. The maximum Gasteiger partial charge on any atom is 0.262 e. The summed E-state index contributed by atoms with van der Waals surface area (Å²) in [5.74, 6) is 1.03. The first-order valence-corrected chi connectivity index (χ1v) is 12.2. The third-order valence-corrected chi connectivity index (χ3v) is 7.42. The van der Waals surface area contributed by atoms with Crippen LogP contribution >= 0.6 is 11.8 Å². The second kappa shape index (κ2) is 8.29. The van der Waals surface area contributed by atoms with E-state index in [0.717, 1.165) is 4.90 Å². The lowest BCUT2D eigenvalue weighted by atomic mass is 10.1. The highest BCUT2D eigenvalue weighted by Gasteiger charge is 2.22. The monoisotopic (exact) mass is 465 g/mol. The van der Waals surface area contributed by atoms with E-state index in [2.05, 4.69) is 4.72 Å². The number of hydrogen-bond donors (Lipinski definition) is 2. The topological polar surface area (TPSA) is 84.9 Å². The van der Waals surface area contributed by atoms with Crippen molar-refractivity contribution in [1.29, 1.82) is 0 Å².